The number of carbonyl (C=O) groups is 1. The maximum Gasteiger partial charge on any atom is 0.291 e. The molecule has 0 aliphatic rings. The fraction of sp³-hybridized carbons (Fsp3) is 0.167. The van der Waals surface area contributed by atoms with E-state index in [1.54, 1.807) is 54.1 Å². The van der Waals surface area contributed by atoms with E-state index in [-0.39, 0.29) is 12.4 Å². The van der Waals surface area contributed by atoms with Crippen LogP contribution in [0.25, 0.3) is 0 Å². The van der Waals surface area contributed by atoms with Crippen LogP contribution in [0.1, 0.15) is 33.3 Å². The minimum absolute atomic E-state index is 0.146. The van der Waals surface area contributed by atoms with Crippen LogP contribution < -0.4 is 10.1 Å². The predicted octanol–water partition coefficient (Wildman–Crippen LogP) is 6.42. The number of anilines is 1. The molecule has 33 heavy (non-hydrogen) atoms. The average Bonchev–Trinajstić information content (AvgIpc) is 3.35. The van der Waals surface area contributed by atoms with Crippen molar-refractivity contribution in [1.82, 2.24) is 9.78 Å². The first kappa shape index (κ1) is 22.9. The van der Waals surface area contributed by atoms with Crippen molar-refractivity contribution in [2.45, 2.75) is 27.0 Å². The zero-order valence-corrected chi connectivity index (χ0v) is 19.4. The van der Waals surface area contributed by atoms with Crippen molar-refractivity contribution in [3.05, 3.63) is 98.9 Å². The first-order valence-electron chi connectivity index (χ1n) is 10.1. The molecule has 0 fully saturated rings. The highest BCUT2D eigenvalue weighted by Crippen LogP contribution is 2.25. The van der Waals surface area contributed by atoms with Gasteiger partial charge in [0.05, 0.1) is 23.6 Å². The summed E-state index contributed by atoms with van der Waals surface area (Å²) in [7, 11) is 0. The van der Waals surface area contributed by atoms with Gasteiger partial charge in [-0.15, -0.1) is 0 Å². The third-order valence-corrected chi connectivity index (χ3v) is 5.60. The van der Waals surface area contributed by atoms with E-state index in [0.717, 1.165) is 11.3 Å². The molecular weight excluding hydrogens is 468 g/mol. The van der Waals surface area contributed by atoms with Gasteiger partial charge in [0.25, 0.3) is 5.91 Å². The maximum atomic E-state index is 13.3. The molecule has 0 radical (unpaired) electrons. The van der Waals surface area contributed by atoms with Gasteiger partial charge in [-0.3, -0.25) is 9.48 Å². The van der Waals surface area contributed by atoms with Crippen molar-refractivity contribution in [1.29, 1.82) is 0 Å². The van der Waals surface area contributed by atoms with E-state index in [0.29, 0.717) is 39.5 Å². The second-order valence-electron chi connectivity index (χ2n) is 7.41. The standard InChI is InChI=1S/C24H20Cl2FN3O3/c1-14-23(15(2)30(29-14)12-16-6-7-18(27)11-21(16)26)28-24(31)22-9-8-20(33-22)13-32-19-5-3-4-17(25)10-19/h3-11H,12-13H2,1-2H3,(H,28,31). The third kappa shape index (κ3) is 5.38. The molecule has 2 aromatic carbocycles. The summed E-state index contributed by atoms with van der Waals surface area (Å²) in [6.45, 7) is 4.12. The first-order chi connectivity index (χ1) is 15.8. The van der Waals surface area contributed by atoms with Gasteiger partial charge in [-0.25, -0.2) is 4.39 Å². The minimum atomic E-state index is -0.408. The summed E-state index contributed by atoms with van der Waals surface area (Å²) in [5.74, 6) is 0.434. The number of hydrogen-bond acceptors (Lipinski definition) is 4. The third-order valence-electron chi connectivity index (χ3n) is 5.02. The Bertz CT molecular complexity index is 1320. The average molecular weight is 488 g/mol. The molecule has 170 valence electrons. The van der Waals surface area contributed by atoms with Gasteiger partial charge in [0, 0.05) is 10.0 Å². The van der Waals surface area contributed by atoms with E-state index in [9.17, 15) is 9.18 Å². The van der Waals surface area contributed by atoms with Crippen molar-refractivity contribution in [3.8, 4) is 5.75 Å². The Morgan fingerprint density at radius 1 is 1.15 bits per heavy atom. The van der Waals surface area contributed by atoms with E-state index < -0.39 is 11.7 Å². The van der Waals surface area contributed by atoms with Gasteiger partial charge in [-0.2, -0.15) is 5.10 Å². The van der Waals surface area contributed by atoms with E-state index in [1.807, 2.05) is 6.92 Å². The molecule has 4 rings (SSSR count). The van der Waals surface area contributed by atoms with E-state index in [1.165, 1.54) is 12.1 Å². The van der Waals surface area contributed by atoms with Gasteiger partial charge < -0.3 is 14.5 Å². The van der Waals surface area contributed by atoms with E-state index in [4.69, 9.17) is 32.4 Å². The quantitative estimate of drug-likeness (QED) is 0.326. The van der Waals surface area contributed by atoms with Crippen LogP contribution in [-0.2, 0) is 13.2 Å². The molecule has 0 aliphatic heterocycles. The summed E-state index contributed by atoms with van der Waals surface area (Å²) < 4.78 is 26.3. The molecule has 0 unspecified atom stereocenters. The van der Waals surface area contributed by atoms with Gasteiger partial charge in [0.2, 0.25) is 0 Å². The smallest absolute Gasteiger partial charge is 0.291 e. The number of ether oxygens (including phenoxy) is 1. The highest BCUT2D eigenvalue weighted by Gasteiger charge is 2.18. The number of nitrogens with one attached hydrogen (secondary N) is 1. The first-order valence-corrected chi connectivity index (χ1v) is 10.8. The number of aryl methyl sites for hydroxylation is 1. The van der Waals surface area contributed by atoms with Crippen LogP contribution in [0.3, 0.4) is 0 Å². The van der Waals surface area contributed by atoms with Gasteiger partial charge >= 0.3 is 0 Å². The summed E-state index contributed by atoms with van der Waals surface area (Å²) in [4.78, 5) is 12.7. The monoisotopic (exact) mass is 487 g/mol. The number of halogens is 3. The SMILES string of the molecule is Cc1nn(Cc2ccc(F)cc2Cl)c(C)c1NC(=O)c1ccc(COc2cccc(Cl)c2)o1. The molecule has 9 heteroatoms. The number of benzene rings is 2. The molecule has 0 bridgehead atoms. The van der Waals surface area contributed by atoms with Gasteiger partial charge in [-0.1, -0.05) is 35.3 Å². The molecule has 2 heterocycles. The molecule has 1 N–H and O–H groups in total. The number of hydrogen-bond donors (Lipinski definition) is 1. The fourth-order valence-electron chi connectivity index (χ4n) is 3.31. The van der Waals surface area contributed by atoms with Crippen molar-refractivity contribution in [3.63, 3.8) is 0 Å². The Balaban J connectivity index is 1.43. The Morgan fingerprint density at radius 3 is 2.73 bits per heavy atom. The minimum Gasteiger partial charge on any atom is -0.486 e. The van der Waals surface area contributed by atoms with Crippen LogP contribution in [0.4, 0.5) is 10.1 Å². The van der Waals surface area contributed by atoms with Crippen LogP contribution >= 0.6 is 23.2 Å². The Labute approximate surface area is 199 Å². The number of carbonyl (C=O) groups excluding carboxylic acids is 1. The molecule has 1 amide bonds. The second-order valence-corrected chi connectivity index (χ2v) is 8.25. The number of furan rings is 1. The van der Waals surface area contributed by atoms with Crippen molar-refractivity contribution in [2.24, 2.45) is 0 Å². The Kier molecular flexibility index (Phi) is 6.72. The number of aromatic nitrogens is 2. The largest absolute Gasteiger partial charge is 0.486 e. The fourth-order valence-corrected chi connectivity index (χ4v) is 3.71. The summed E-state index contributed by atoms with van der Waals surface area (Å²) in [6.07, 6.45) is 0. The molecule has 0 atom stereocenters. The van der Waals surface area contributed by atoms with Gasteiger partial charge in [0.15, 0.2) is 5.76 Å². The lowest BCUT2D eigenvalue weighted by atomic mass is 10.2. The summed E-state index contributed by atoms with van der Waals surface area (Å²) in [5, 5.41) is 8.22. The van der Waals surface area contributed by atoms with Crippen LogP contribution in [0, 0.1) is 19.7 Å². The highest BCUT2D eigenvalue weighted by atomic mass is 35.5. The molecule has 4 aromatic rings. The Hall–Kier alpha value is -3.29. The normalized spacial score (nSPS) is 10.9. The van der Waals surface area contributed by atoms with Crippen LogP contribution in [0.5, 0.6) is 5.75 Å². The van der Waals surface area contributed by atoms with Gasteiger partial charge in [-0.05, 0) is 61.9 Å². The van der Waals surface area contributed by atoms with E-state index in [2.05, 4.69) is 10.4 Å². The Morgan fingerprint density at radius 2 is 1.97 bits per heavy atom. The number of amides is 1. The summed E-state index contributed by atoms with van der Waals surface area (Å²) in [5.41, 5.74) is 2.66. The second kappa shape index (κ2) is 9.68. The molecule has 6 nitrogen and oxygen atoms in total. The highest BCUT2D eigenvalue weighted by molar-refractivity contribution is 6.31. The summed E-state index contributed by atoms with van der Waals surface area (Å²) in [6, 6.07) is 14.5. The molecule has 0 saturated heterocycles. The molecule has 0 spiro atoms. The molecule has 2 aromatic heterocycles. The zero-order valence-electron chi connectivity index (χ0n) is 17.9. The zero-order chi connectivity index (χ0) is 23.5. The summed E-state index contributed by atoms with van der Waals surface area (Å²) >= 11 is 12.1. The molecular formula is C24H20Cl2FN3O3. The van der Waals surface area contributed by atoms with Gasteiger partial charge in [0.1, 0.15) is 23.9 Å². The predicted molar refractivity (Wildman–Crippen MR) is 125 cm³/mol. The maximum absolute atomic E-state index is 13.3. The van der Waals surface area contributed by atoms with Crippen molar-refractivity contribution in [2.75, 3.05) is 5.32 Å². The lowest BCUT2D eigenvalue weighted by Gasteiger charge is -2.08. The van der Waals surface area contributed by atoms with Crippen LogP contribution in [-0.4, -0.2) is 15.7 Å². The number of nitrogens with zero attached hydrogens (tertiary/aromatic N) is 2. The van der Waals surface area contributed by atoms with Crippen LogP contribution in [0.15, 0.2) is 59.0 Å². The number of rotatable bonds is 7. The topological polar surface area (TPSA) is 69.3 Å². The van der Waals surface area contributed by atoms with E-state index >= 15 is 0 Å². The van der Waals surface area contributed by atoms with Crippen molar-refractivity contribution < 1.29 is 18.3 Å². The molecule has 0 saturated carbocycles. The van der Waals surface area contributed by atoms with Crippen molar-refractivity contribution >= 4 is 34.8 Å². The van der Waals surface area contributed by atoms with Crippen LogP contribution in [0.2, 0.25) is 10.0 Å². The lowest BCUT2D eigenvalue weighted by molar-refractivity contribution is 0.0992. The molecule has 0 aliphatic carbocycles. The lowest BCUT2D eigenvalue weighted by Crippen LogP contribution is -2.12.